The summed E-state index contributed by atoms with van der Waals surface area (Å²) in [7, 11) is 3.07. The minimum absolute atomic E-state index is 0.0246. The minimum atomic E-state index is -3.00. The zero-order chi connectivity index (χ0) is 24.9. The molecule has 1 unspecified atom stereocenters. The van der Waals surface area contributed by atoms with Gasteiger partial charge in [-0.25, -0.2) is 0 Å². The van der Waals surface area contributed by atoms with Crippen LogP contribution in [-0.2, 0) is 9.59 Å². The fraction of sp³-hybridized carbons (Fsp3) is 0.231. The molecule has 182 valence electrons. The van der Waals surface area contributed by atoms with Crippen LogP contribution in [0.5, 0.6) is 17.2 Å². The first-order valence-corrected chi connectivity index (χ1v) is 10.9. The number of ether oxygens (including phenoxy) is 3. The van der Waals surface area contributed by atoms with Gasteiger partial charge in [0.25, 0.3) is 0 Å². The number of benzene rings is 3. The number of hydrogen-bond donors (Lipinski definition) is 1. The highest BCUT2D eigenvalue weighted by atomic mass is 19.3. The summed E-state index contributed by atoms with van der Waals surface area (Å²) in [4.78, 5) is 27.1. The molecule has 0 radical (unpaired) electrons. The Morgan fingerprint density at radius 3 is 2.43 bits per heavy atom. The van der Waals surface area contributed by atoms with Crippen molar-refractivity contribution < 1.29 is 32.6 Å². The van der Waals surface area contributed by atoms with Crippen molar-refractivity contribution in [2.75, 3.05) is 31.0 Å². The number of carbonyl (C=O) groups is 2. The molecule has 1 atom stereocenters. The van der Waals surface area contributed by atoms with E-state index in [9.17, 15) is 18.4 Å². The van der Waals surface area contributed by atoms with E-state index in [4.69, 9.17) is 9.47 Å². The van der Waals surface area contributed by atoms with E-state index in [1.54, 1.807) is 66.6 Å². The average molecular weight is 482 g/mol. The van der Waals surface area contributed by atoms with Crippen molar-refractivity contribution in [3.8, 4) is 28.4 Å². The van der Waals surface area contributed by atoms with Crippen molar-refractivity contribution in [3.05, 3.63) is 66.7 Å². The van der Waals surface area contributed by atoms with Gasteiger partial charge < -0.3 is 24.4 Å². The summed E-state index contributed by atoms with van der Waals surface area (Å²) in [6.07, 6.45) is 0.0565. The van der Waals surface area contributed by atoms with E-state index in [0.717, 1.165) is 0 Å². The smallest absolute Gasteiger partial charge is 0.387 e. The van der Waals surface area contributed by atoms with Gasteiger partial charge in [0.1, 0.15) is 17.2 Å². The van der Waals surface area contributed by atoms with Crippen LogP contribution in [0.2, 0.25) is 0 Å². The van der Waals surface area contributed by atoms with Gasteiger partial charge in [0.05, 0.1) is 20.1 Å². The highest BCUT2D eigenvalue weighted by molar-refractivity contribution is 6.03. The van der Waals surface area contributed by atoms with E-state index in [1.807, 2.05) is 0 Å². The molecule has 0 bridgehead atoms. The average Bonchev–Trinajstić information content (AvgIpc) is 3.26. The van der Waals surface area contributed by atoms with Gasteiger partial charge in [0.15, 0.2) is 0 Å². The fourth-order valence-corrected chi connectivity index (χ4v) is 3.96. The number of methoxy groups -OCH3 is 2. The molecule has 9 heteroatoms. The van der Waals surface area contributed by atoms with Crippen LogP contribution in [0.4, 0.5) is 20.2 Å². The Hall–Kier alpha value is -4.14. The number of carbonyl (C=O) groups excluding carboxylic acids is 2. The number of alkyl halides is 2. The Kier molecular flexibility index (Phi) is 7.14. The van der Waals surface area contributed by atoms with Gasteiger partial charge in [-0.1, -0.05) is 18.2 Å². The SMILES string of the molecule is COc1ccc(-c2cc(NC(=O)C3CC(=O)N(c4cccc(OC)c4)C3)ccc2OC(F)F)cc1. The van der Waals surface area contributed by atoms with Gasteiger partial charge in [-0.15, -0.1) is 0 Å². The molecule has 1 fully saturated rings. The predicted octanol–water partition coefficient (Wildman–Crippen LogP) is 4.96. The molecule has 4 rings (SSSR count). The standard InChI is InChI=1S/C26H24F2N2O5/c1-33-20-9-6-16(7-10-20)22-13-18(8-11-23(22)35-26(27)28)29-25(32)17-12-24(31)30(15-17)19-4-3-5-21(14-19)34-2/h3-11,13-14,17,26H,12,15H2,1-2H3,(H,29,32). The maximum Gasteiger partial charge on any atom is 0.387 e. The summed E-state index contributed by atoms with van der Waals surface area (Å²) >= 11 is 0. The van der Waals surface area contributed by atoms with Gasteiger partial charge in [-0.2, -0.15) is 8.78 Å². The van der Waals surface area contributed by atoms with E-state index < -0.39 is 12.5 Å². The summed E-state index contributed by atoms with van der Waals surface area (Å²) in [5, 5.41) is 2.80. The third-order valence-corrected chi connectivity index (χ3v) is 5.72. The molecule has 0 aliphatic carbocycles. The molecule has 7 nitrogen and oxygen atoms in total. The quantitative estimate of drug-likeness (QED) is 0.491. The Bertz CT molecular complexity index is 1220. The van der Waals surface area contributed by atoms with Crippen LogP contribution >= 0.6 is 0 Å². The highest BCUT2D eigenvalue weighted by Crippen LogP contribution is 2.35. The minimum Gasteiger partial charge on any atom is -0.497 e. The third kappa shape index (κ3) is 5.51. The van der Waals surface area contributed by atoms with Gasteiger partial charge >= 0.3 is 6.61 Å². The van der Waals surface area contributed by atoms with E-state index in [0.29, 0.717) is 34.0 Å². The van der Waals surface area contributed by atoms with Crippen LogP contribution in [0, 0.1) is 5.92 Å². The first kappa shape index (κ1) is 24.0. The number of nitrogens with one attached hydrogen (secondary N) is 1. The lowest BCUT2D eigenvalue weighted by Gasteiger charge is -2.18. The molecule has 35 heavy (non-hydrogen) atoms. The molecule has 1 heterocycles. The highest BCUT2D eigenvalue weighted by Gasteiger charge is 2.35. The van der Waals surface area contributed by atoms with Crippen molar-refractivity contribution >= 4 is 23.2 Å². The van der Waals surface area contributed by atoms with Crippen LogP contribution in [0.25, 0.3) is 11.1 Å². The molecule has 0 saturated carbocycles. The molecular weight excluding hydrogens is 458 g/mol. The van der Waals surface area contributed by atoms with Crippen molar-refractivity contribution in [2.45, 2.75) is 13.0 Å². The molecule has 1 aliphatic heterocycles. The number of hydrogen-bond acceptors (Lipinski definition) is 5. The van der Waals surface area contributed by atoms with Gasteiger partial charge in [0.2, 0.25) is 11.8 Å². The van der Waals surface area contributed by atoms with Crippen LogP contribution in [-0.4, -0.2) is 39.2 Å². The van der Waals surface area contributed by atoms with Crippen molar-refractivity contribution in [3.63, 3.8) is 0 Å². The van der Waals surface area contributed by atoms with Crippen molar-refractivity contribution in [2.24, 2.45) is 5.92 Å². The molecule has 2 amide bonds. The number of rotatable bonds is 8. The number of anilines is 2. The Labute approximate surface area is 201 Å². The van der Waals surface area contributed by atoms with E-state index in [-0.39, 0.29) is 30.5 Å². The molecule has 1 saturated heterocycles. The number of nitrogens with zero attached hydrogens (tertiary/aromatic N) is 1. The zero-order valence-electron chi connectivity index (χ0n) is 19.2. The van der Waals surface area contributed by atoms with Crippen LogP contribution in [0.15, 0.2) is 66.7 Å². The number of halogens is 2. The van der Waals surface area contributed by atoms with Crippen LogP contribution in [0.3, 0.4) is 0 Å². The second-order valence-electron chi connectivity index (χ2n) is 7.91. The Morgan fingerprint density at radius 1 is 1.00 bits per heavy atom. The second-order valence-corrected chi connectivity index (χ2v) is 7.91. The Morgan fingerprint density at radius 2 is 1.74 bits per heavy atom. The largest absolute Gasteiger partial charge is 0.497 e. The molecule has 1 N–H and O–H groups in total. The van der Waals surface area contributed by atoms with Crippen molar-refractivity contribution in [1.82, 2.24) is 0 Å². The van der Waals surface area contributed by atoms with Crippen LogP contribution < -0.4 is 24.4 Å². The Balaban J connectivity index is 1.53. The summed E-state index contributed by atoms with van der Waals surface area (Å²) in [5.41, 5.74) is 2.04. The van der Waals surface area contributed by atoms with E-state index in [1.165, 1.54) is 19.2 Å². The van der Waals surface area contributed by atoms with E-state index >= 15 is 0 Å². The lowest BCUT2D eigenvalue weighted by molar-refractivity contribution is -0.122. The molecule has 0 spiro atoms. The lowest BCUT2D eigenvalue weighted by Crippen LogP contribution is -2.28. The summed E-state index contributed by atoms with van der Waals surface area (Å²) in [6, 6.07) is 18.3. The lowest BCUT2D eigenvalue weighted by atomic mass is 10.0. The molecule has 1 aliphatic rings. The molecular formula is C26H24F2N2O5. The normalized spacial score (nSPS) is 15.3. The third-order valence-electron chi connectivity index (χ3n) is 5.72. The molecule has 3 aromatic carbocycles. The first-order chi connectivity index (χ1) is 16.9. The van der Waals surface area contributed by atoms with Crippen molar-refractivity contribution in [1.29, 1.82) is 0 Å². The van der Waals surface area contributed by atoms with E-state index in [2.05, 4.69) is 10.1 Å². The second kappa shape index (κ2) is 10.4. The topological polar surface area (TPSA) is 77.1 Å². The first-order valence-electron chi connectivity index (χ1n) is 10.9. The zero-order valence-corrected chi connectivity index (χ0v) is 19.2. The van der Waals surface area contributed by atoms with Crippen LogP contribution in [0.1, 0.15) is 6.42 Å². The molecule has 0 aromatic heterocycles. The molecule has 3 aromatic rings. The number of amides is 2. The summed E-state index contributed by atoms with van der Waals surface area (Å²) in [5.74, 6) is 0.116. The fourth-order valence-electron chi connectivity index (χ4n) is 3.96. The monoisotopic (exact) mass is 482 g/mol. The van der Waals surface area contributed by atoms with Gasteiger partial charge in [-0.05, 0) is 48.0 Å². The summed E-state index contributed by atoms with van der Waals surface area (Å²) < 4.78 is 40.9. The summed E-state index contributed by atoms with van der Waals surface area (Å²) in [6.45, 7) is -2.78. The maximum absolute atomic E-state index is 13.0. The van der Waals surface area contributed by atoms with Gasteiger partial charge in [0, 0.05) is 36.0 Å². The predicted molar refractivity (Wildman–Crippen MR) is 127 cm³/mol. The maximum atomic E-state index is 13.0. The van der Waals surface area contributed by atoms with Gasteiger partial charge in [-0.3, -0.25) is 9.59 Å².